The van der Waals surface area contributed by atoms with E-state index in [-0.39, 0.29) is 0 Å². The van der Waals surface area contributed by atoms with E-state index in [0.29, 0.717) is 36.1 Å². The molecule has 1 fully saturated rings. The first kappa shape index (κ1) is 16.3. The monoisotopic (exact) mass is 350 g/mol. The molecular formula is C17H19ClN2O2S. The lowest BCUT2D eigenvalue weighted by Gasteiger charge is -2.35. The van der Waals surface area contributed by atoms with Crippen LogP contribution in [0.15, 0.2) is 53.4 Å². The Kier molecular flexibility index (Phi) is 4.62. The first-order chi connectivity index (χ1) is 11.0. The van der Waals surface area contributed by atoms with Gasteiger partial charge in [0.1, 0.15) is 0 Å². The lowest BCUT2D eigenvalue weighted by Crippen LogP contribution is -2.48. The van der Waals surface area contributed by atoms with Crippen LogP contribution in [0.2, 0.25) is 5.02 Å². The number of benzene rings is 2. The molecule has 0 spiro atoms. The third-order valence-corrected chi connectivity index (χ3v) is 6.32. The number of nitrogens with zero attached hydrogens (tertiary/aromatic N) is 2. The quantitative estimate of drug-likeness (QED) is 0.853. The highest BCUT2D eigenvalue weighted by atomic mass is 35.5. The Morgan fingerprint density at radius 1 is 0.913 bits per heavy atom. The Morgan fingerprint density at radius 3 is 2.13 bits per heavy atom. The highest BCUT2D eigenvalue weighted by Gasteiger charge is 2.28. The van der Waals surface area contributed by atoms with Gasteiger partial charge in [-0.3, -0.25) is 0 Å². The van der Waals surface area contributed by atoms with E-state index in [9.17, 15) is 8.42 Å². The van der Waals surface area contributed by atoms with Gasteiger partial charge in [-0.25, -0.2) is 8.42 Å². The van der Waals surface area contributed by atoms with Crippen molar-refractivity contribution >= 4 is 27.3 Å². The minimum atomic E-state index is -3.42. The van der Waals surface area contributed by atoms with Crippen molar-refractivity contribution in [2.24, 2.45) is 0 Å². The predicted molar refractivity (Wildman–Crippen MR) is 93.6 cm³/mol. The van der Waals surface area contributed by atoms with E-state index in [1.54, 1.807) is 16.4 Å². The van der Waals surface area contributed by atoms with E-state index in [2.05, 4.69) is 4.90 Å². The summed E-state index contributed by atoms with van der Waals surface area (Å²) in [4.78, 5) is 2.48. The lowest BCUT2D eigenvalue weighted by molar-refractivity contribution is 0.385. The highest BCUT2D eigenvalue weighted by molar-refractivity contribution is 7.89. The number of anilines is 1. The molecule has 1 aliphatic heterocycles. The largest absolute Gasteiger partial charge is 0.368 e. The maximum atomic E-state index is 12.7. The summed E-state index contributed by atoms with van der Waals surface area (Å²) < 4.78 is 26.9. The van der Waals surface area contributed by atoms with Crippen LogP contribution in [0.1, 0.15) is 5.56 Å². The van der Waals surface area contributed by atoms with Gasteiger partial charge in [0, 0.05) is 26.2 Å². The van der Waals surface area contributed by atoms with Crippen LogP contribution in [0.4, 0.5) is 5.69 Å². The molecule has 2 aromatic carbocycles. The van der Waals surface area contributed by atoms with Crippen LogP contribution in [0.25, 0.3) is 0 Å². The van der Waals surface area contributed by atoms with Crippen molar-refractivity contribution in [3.8, 4) is 0 Å². The molecule has 1 saturated heterocycles. The number of hydrogen-bond donors (Lipinski definition) is 0. The second kappa shape index (κ2) is 6.51. The van der Waals surface area contributed by atoms with Crippen molar-refractivity contribution in [3.63, 3.8) is 0 Å². The molecule has 3 rings (SSSR count). The van der Waals surface area contributed by atoms with Crippen molar-refractivity contribution in [2.75, 3.05) is 31.1 Å². The van der Waals surface area contributed by atoms with E-state index in [0.717, 1.165) is 11.3 Å². The number of sulfonamides is 1. The summed E-state index contributed by atoms with van der Waals surface area (Å²) in [5.41, 5.74) is 2.01. The normalized spacial score (nSPS) is 16.5. The van der Waals surface area contributed by atoms with E-state index < -0.39 is 10.0 Å². The van der Waals surface area contributed by atoms with Gasteiger partial charge in [0.25, 0.3) is 0 Å². The number of halogens is 1. The van der Waals surface area contributed by atoms with Crippen LogP contribution in [-0.2, 0) is 10.0 Å². The van der Waals surface area contributed by atoms with E-state index in [1.165, 1.54) is 0 Å². The van der Waals surface area contributed by atoms with Crippen LogP contribution in [0, 0.1) is 6.92 Å². The standard InChI is InChI=1S/C17H19ClN2O2S/c1-14-6-8-15(9-7-14)23(21,22)20-12-10-19(11-13-20)17-5-3-2-4-16(17)18/h2-9H,10-13H2,1H3. The highest BCUT2D eigenvalue weighted by Crippen LogP contribution is 2.27. The molecule has 2 aromatic rings. The zero-order chi connectivity index (χ0) is 16.4. The molecule has 0 N–H and O–H groups in total. The zero-order valence-corrected chi connectivity index (χ0v) is 14.5. The van der Waals surface area contributed by atoms with Gasteiger partial charge >= 0.3 is 0 Å². The number of aryl methyl sites for hydroxylation is 1. The number of para-hydroxylation sites is 1. The summed E-state index contributed by atoms with van der Waals surface area (Å²) in [7, 11) is -3.42. The fourth-order valence-electron chi connectivity index (χ4n) is 2.74. The Labute approximate surface area is 142 Å². The molecule has 4 nitrogen and oxygen atoms in total. The van der Waals surface area contributed by atoms with Crippen LogP contribution in [-0.4, -0.2) is 38.9 Å². The molecule has 0 saturated carbocycles. The van der Waals surface area contributed by atoms with Gasteiger partial charge in [0.05, 0.1) is 15.6 Å². The summed E-state index contributed by atoms with van der Waals surface area (Å²) in [6.07, 6.45) is 0. The van der Waals surface area contributed by atoms with Crippen molar-refractivity contribution in [2.45, 2.75) is 11.8 Å². The summed E-state index contributed by atoms with van der Waals surface area (Å²) in [6.45, 7) is 4.13. The fourth-order valence-corrected chi connectivity index (χ4v) is 4.41. The lowest BCUT2D eigenvalue weighted by atomic mass is 10.2. The van der Waals surface area contributed by atoms with Gasteiger partial charge in [0.2, 0.25) is 10.0 Å². The molecule has 0 radical (unpaired) electrons. The van der Waals surface area contributed by atoms with E-state index >= 15 is 0 Å². The number of rotatable bonds is 3. The molecule has 0 aromatic heterocycles. The fraction of sp³-hybridized carbons (Fsp3) is 0.294. The minimum Gasteiger partial charge on any atom is -0.368 e. The van der Waals surface area contributed by atoms with E-state index in [1.807, 2.05) is 43.3 Å². The Morgan fingerprint density at radius 2 is 1.52 bits per heavy atom. The van der Waals surface area contributed by atoms with E-state index in [4.69, 9.17) is 11.6 Å². The molecule has 23 heavy (non-hydrogen) atoms. The Hall–Kier alpha value is -1.56. The average molecular weight is 351 g/mol. The maximum Gasteiger partial charge on any atom is 0.243 e. The van der Waals surface area contributed by atoms with Crippen LogP contribution in [0.3, 0.4) is 0 Å². The summed E-state index contributed by atoms with van der Waals surface area (Å²) in [5.74, 6) is 0. The third kappa shape index (κ3) is 3.37. The Balaban J connectivity index is 1.74. The first-order valence-corrected chi connectivity index (χ1v) is 9.36. The van der Waals surface area contributed by atoms with Crippen molar-refractivity contribution < 1.29 is 8.42 Å². The molecule has 0 unspecified atom stereocenters. The van der Waals surface area contributed by atoms with Gasteiger partial charge in [-0.15, -0.1) is 0 Å². The molecule has 1 heterocycles. The van der Waals surface area contributed by atoms with Gasteiger partial charge in [-0.2, -0.15) is 4.31 Å². The van der Waals surface area contributed by atoms with Gasteiger partial charge in [0.15, 0.2) is 0 Å². The molecule has 6 heteroatoms. The molecule has 0 aliphatic carbocycles. The van der Waals surface area contributed by atoms with Crippen LogP contribution < -0.4 is 4.90 Å². The maximum absolute atomic E-state index is 12.7. The topological polar surface area (TPSA) is 40.6 Å². The zero-order valence-electron chi connectivity index (χ0n) is 12.9. The molecular weight excluding hydrogens is 332 g/mol. The summed E-state index contributed by atoms with van der Waals surface area (Å²) in [5, 5.41) is 0.697. The molecule has 122 valence electrons. The smallest absolute Gasteiger partial charge is 0.243 e. The number of hydrogen-bond acceptors (Lipinski definition) is 3. The second-order valence-corrected chi connectivity index (χ2v) is 8.00. The van der Waals surface area contributed by atoms with Crippen LogP contribution in [0.5, 0.6) is 0 Å². The Bertz CT molecular complexity index is 782. The van der Waals surface area contributed by atoms with Crippen molar-refractivity contribution in [3.05, 3.63) is 59.1 Å². The summed E-state index contributed by atoms with van der Waals surface area (Å²) in [6, 6.07) is 14.6. The molecule has 0 amide bonds. The second-order valence-electron chi connectivity index (χ2n) is 5.66. The van der Waals surface area contributed by atoms with Crippen molar-refractivity contribution in [1.82, 2.24) is 4.31 Å². The third-order valence-electron chi connectivity index (χ3n) is 4.09. The molecule has 0 atom stereocenters. The molecule has 0 bridgehead atoms. The van der Waals surface area contributed by atoms with Gasteiger partial charge in [-0.1, -0.05) is 41.4 Å². The van der Waals surface area contributed by atoms with Crippen molar-refractivity contribution in [1.29, 1.82) is 0 Å². The minimum absolute atomic E-state index is 0.356. The number of piperazine rings is 1. The summed E-state index contributed by atoms with van der Waals surface area (Å²) >= 11 is 6.22. The van der Waals surface area contributed by atoms with Gasteiger partial charge in [-0.05, 0) is 31.2 Å². The average Bonchev–Trinajstić information content (AvgIpc) is 2.56. The molecule has 1 aliphatic rings. The van der Waals surface area contributed by atoms with Crippen LogP contribution >= 0.6 is 11.6 Å². The first-order valence-electron chi connectivity index (χ1n) is 7.55. The SMILES string of the molecule is Cc1ccc(S(=O)(=O)N2CCN(c3ccccc3Cl)CC2)cc1. The predicted octanol–water partition coefficient (Wildman–Crippen LogP) is 3.16. The van der Waals surface area contributed by atoms with Gasteiger partial charge < -0.3 is 4.90 Å².